The number of nitrogens with zero attached hydrogens (tertiary/aromatic N) is 3. The van der Waals surface area contributed by atoms with Crippen LogP contribution in [-0.4, -0.2) is 24.7 Å². The predicted molar refractivity (Wildman–Crippen MR) is 95.8 cm³/mol. The van der Waals surface area contributed by atoms with Gasteiger partial charge in [0.1, 0.15) is 5.52 Å². The monoisotopic (exact) mass is 402 g/mol. The number of alkyl halides is 3. The van der Waals surface area contributed by atoms with Crippen LogP contribution in [0.25, 0.3) is 11.0 Å². The quantitative estimate of drug-likeness (QED) is 0.660. The van der Waals surface area contributed by atoms with E-state index in [9.17, 15) is 4.79 Å². The Labute approximate surface area is 157 Å². The van der Waals surface area contributed by atoms with Crippen molar-refractivity contribution in [1.82, 2.24) is 20.3 Å². The van der Waals surface area contributed by atoms with Gasteiger partial charge in [0.15, 0.2) is 6.17 Å². The number of amides is 1. The lowest BCUT2D eigenvalue weighted by Crippen LogP contribution is -2.41. The Morgan fingerprint density at radius 2 is 1.75 bits per heavy atom. The number of hydrogen-bond acceptors (Lipinski definition) is 3. The number of hydrogen-bond donors (Lipinski definition) is 1. The Kier molecular flexibility index (Phi) is 4.88. The molecule has 0 spiro atoms. The summed E-state index contributed by atoms with van der Waals surface area (Å²) in [5, 5.41) is 11.0. The van der Waals surface area contributed by atoms with E-state index in [4.69, 9.17) is 46.4 Å². The van der Waals surface area contributed by atoms with E-state index >= 15 is 0 Å². The molecule has 24 heavy (non-hydrogen) atoms. The van der Waals surface area contributed by atoms with Crippen LogP contribution in [0.15, 0.2) is 48.5 Å². The maximum atomic E-state index is 12.5. The summed E-state index contributed by atoms with van der Waals surface area (Å²) in [4.78, 5) is 12.5. The molecule has 1 heterocycles. The van der Waals surface area contributed by atoms with Crippen molar-refractivity contribution in [2.75, 3.05) is 0 Å². The van der Waals surface area contributed by atoms with Crippen molar-refractivity contribution in [2.45, 2.75) is 9.96 Å². The molecule has 3 rings (SSSR count). The highest BCUT2D eigenvalue weighted by atomic mass is 35.6. The predicted octanol–water partition coefficient (Wildman–Crippen LogP) is 4.38. The first kappa shape index (κ1) is 17.3. The van der Waals surface area contributed by atoms with Crippen LogP contribution in [0.5, 0.6) is 0 Å². The summed E-state index contributed by atoms with van der Waals surface area (Å²) >= 11 is 24.2. The van der Waals surface area contributed by atoms with E-state index in [1.54, 1.807) is 42.5 Å². The molecule has 1 atom stereocenters. The second-order valence-electron chi connectivity index (χ2n) is 4.92. The van der Waals surface area contributed by atoms with Crippen molar-refractivity contribution in [3.05, 3.63) is 59.1 Å². The summed E-state index contributed by atoms with van der Waals surface area (Å²) < 4.78 is -0.496. The zero-order valence-corrected chi connectivity index (χ0v) is 15.0. The molecule has 1 N–H and O–H groups in total. The second-order valence-corrected chi connectivity index (χ2v) is 7.70. The first-order valence-corrected chi connectivity index (χ1v) is 8.31. The number of halogens is 4. The standard InChI is InChI=1S/C15H10Cl4N4O/c16-10-6-2-1-5-9(10)13(24)20-14(15(17,18)19)23-12-8-4-3-7-11(12)21-22-23/h1-8,14H,(H,20,24). The summed E-state index contributed by atoms with van der Waals surface area (Å²) in [7, 11) is 0. The minimum Gasteiger partial charge on any atom is -0.326 e. The largest absolute Gasteiger partial charge is 0.326 e. The zero-order chi connectivity index (χ0) is 17.3. The van der Waals surface area contributed by atoms with E-state index in [0.717, 1.165) is 0 Å². The van der Waals surface area contributed by atoms with Gasteiger partial charge in [0, 0.05) is 0 Å². The number of nitrogens with one attached hydrogen (secondary N) is 1. The van der Waals surface area contributed by atoms with Crippen LogP contribution in [0.1, 0.15) is 16.5 Å². The van der Waals surface area contributed by atoms with Crippen LogP contribution in [-0.2, 0) is 0 Å². The topological polar surface area (TPSA) is 59.8 Å². The minimum absolute atomic E-state index is 0.267. The van der Waals surface area contributed by atoms with Crippen LogP contribution in [0, 0.1) is 0 Å². The van der Waals surface area contributed by atoms with Gasteiger partial charge in [-0.1, -0.05) is 75.9 Å². The highest BCUT2D eigenvalue weighted by molar-refractivity contribution is 6.68. The number of rotatable bonds is 3. The number of benzene rings is 2. The molecule has 0 fully saturated rings. The second kappa shape index (κ2) is 6.76. The minimum atomic E-state index is -1.85. The zero-order valence-electron chi connectivity index (χ0n) is 12.0. The highest BCUT2D eigenvalue weighted by Crippen LogP contribution is 2.37. The Hall–Kier alpha value is -1.53. The van der Waals surface area contributed by atoms with Gasteiger partial charge in [-0.05, 0) is 24.3 Å². The number of para-hydroxylation sites is 1. The van der Waals surface area contributed by atoms with Crippen molar-refractivity contribution >= 4 is 63.3 Å². The molecule has 0 saturated carbocycles. The lowest BCUT2D eigenvalue weighted by molar-refractivity contribution is 0.0917. The Morgan fingerprint density at radius 1 is 1.08 bits per heavy atom. The van der Waals surface area contributed by atoms with Crippen LogP contribution in [0.2, 0.25) is 5.02 Å². The molecule has 9 heteroatoms. The van der Waals surface area contributed by atoms with Gasteiger partial charge in [-0.15, -0.1) is 5.10 Å². The number of carbonyl (C=O) groups excluding carboxylic acids is 1. The third-order valence-electron chi connectivity index (χ3n) is 3.32. The maximum absolute atomic E-state index is 12.5. The normalized spacial score (nSPS) is 13.0. The fourth-order valence-electron chi connectivity index (χ4n) is 2.21. The third kappa shape index (κ3) is 3.44. The smallest absolute Gasteiger partial charge is 0.254 e. The molecule has 2 aromatic carbocycles. The summed E-state index contributed by atoms with van der Waals surface area (Å²) in [6, 6.07) is 13.7. The van der Waals surface area contributed by atoms with Crippen molar-refractivity contribution < 1.29 is 4.79 Å². The molecule has 1 unspecified atom stereocenters. The van der Waals surface area contributed by atoms with E-state index in [0.29, 0.717) is 16.1 Å². The van der Waals surface area contributed by atoms with E-state index in [2.05, 4.69) is 15.6 Å². The van der Waals surface area contributed by atoms with Gasteiger partial charge in [-0.2, -0.15) is 0 Å². The molecule has 1 amide bonds. The Balaban J connectivity index is 1.99. The fourth-order valence-corrected chi connectivity index (χ4v) is 2.87. The SMILES string of the molecule is O=C(NC(n1nnc2ccccc21)C(Cl)(Cl)Cl)c1ccccc1Cl. The molecule has 124 valence electrons. The number of fused-ring (bicyclic) bond motifs is 1. The Morgan fingerprint density at radius 3 is 2.46 bits per heavy atom. The van der Waals surface area contributed by atoms with Crippen LogP contribution >= 0.6 is 46.4 Å². The number of aromatic nitrogens is 3. The number of carbonyl (C=O) groups is 1. The van der Waals surface area contributed by atoms with Crippen LogP contribution in [0.3, 0.4) is 0 Å². The van der Waals surface area contributed by atoms with Crippen molar-refractivity contribution in [3.8, 4) is 0 Å². The molecular formula is C15H10Cl4N4O. The van der Waals surface area contributed by atoms with Gasteiger partial charge in [0.05, 0.1) is 16.1 Å². The summed E-state index contributed by atoms with van der Waals surface area (Å²) in [6.07, 6.45) is -1.07. The molecule has 0 radical (unpaired) electrons. The molecule has 3 aromatic rings. The summed E-state index contributed by atoms with van der Waals surface area (Å²) in [6.45, 7) is 0. The van der Waals surface area contributed by atoms with Gasteiger partial charge in [-0.25, -0.2) is 4.68 Å². The fraction of sp³-hybridized carbons (Fsp3) is 0.133. The molecule has 1 aromatic heterocycles. The Bertz CT molecular complexity index is 890. The third-order valence-corrected chi connectivity index (χ3v) is 4.27. The van der Waals surface area contributed by atoms with Crippen LogP contribution in [0.4, 0.5) is 0 Å². The molecular weight excluding hydrogens is 394 g/mol. The van der Waals surface area contributed by atoms with Crippen molar-refractivity contribution in [1.29, 1.82) is 0 Å². The van der Waals surface area contributed by atoms with E-state index in [1.165, 1.54) is 4.68 Å². The molecule has 0 aliphatic heterocycles. The maximum Gasteiger partial charge on any atom is 0.254 e. The van der Waals surface area contributed by atoms with Crippen molar-refractivity contribution in [3.63, 3.8) is 0 Å². The van der Waals surface area contributed by atoms with Gasteiger partial charge in [0.25, 0.3) is 5.91 Å². The average molecular weight is 404 g/mol. The van der Waals surface area contributed by atoms with Crippen LogP contribution < -0.4 is 5.32 Å². The lowest BCUT2D eigenvalue weighted by atomic mass is 10.2. The van der Waals surface area contributed by atoms with E-state index in [-0.39, 0.29) is 5.56 Å². The highest BCUT2D eigenvalue weighted by Gasteiger charge is 2.37. The van der Waals surface area contributed by atoms with E-state index in [1.807, 2.05) is 6.07 Å². The van der Waals surface area contributed by atoms with Gasteiger partial charge >= 0.3 is 0 Å². The lowest BCUT2D eigenvalue weighted by Gasteiger charge is -2.26. The molecule has 0 aliphatic carbocycles. The molecule has 0 aliphatic rings. The van der Waals surface area contributed by atoms with Gasteiger partial charge < -0.3 is 5.32 Å². The van der Waals surface area contributed by atoms with Gasteiger partial charge in [-0.3, -0.25) is 4.79 Å². The molecule has 5 nitrogen and oxygen atoms in total. The molecule has 0 bridgehead atoms. The first-order valence-electron chi connectivity index (χ1n) is 6.80. The average Bonchev–Trinajstić information content (AvgIpc) is 2.95. The summed E-state index contributed by atoms with van der Waals surface area (Å²) in [5.41, 5.74) is 1.50. The molecule has 0 saturated heterocycles. The first-order chi connectivity index (χ1) is 11.4. The van der Waals surface area contributed by atoms with Gasteiger partial charge in [0.2, 0.25) is 3.79 Å². The van der Waals surface area contributed by atoms with Crippen molar-refractivity contribution in [2.24, 2.45) is 0 Å². The summed E-state index contributed by atoms with van der Waals surface area (Å²) in [5.74, 6) is -0.489. The van der Waals surface area contributed by atoms with E-state index < -0.39 is 15.9 Å².